The first kappa shape index (κ1) is 14.9. The van der Waals surface area contributed by atoms with Gasteiger partial charge >= 0.3 is 0 Å². The Kier molecular flexibility index (Phi) is 7.82. The van der Waals surface area contributed by atoms with Crippen LogP contribution in [0.4, 0.5) is 0 Å². The molecule has 2 unspecified atom stereocenters. The van der Waals surface area contributed by atoms with E-state index in [1.165, 1.54) is 25.7 Å². The summed E-state index contributed by atoms with van der Waals surface area (Å²) in [7, 11) is 0. The van der Waals surface area contributed by atoms with Crippen LogP contribution >= 0.6 is 0 Å². The van der Waals surface area contributed by atoms with Crippen LogP contribution in [0.5, 0.6) is 0 Å². The number of nitrogens with one attached hydrogen (secondary N) is 1. The average molecular weight is 243 g/mol. The third-order valence-corrected chi connectivity index (χ3v) is 3.49. The summed E-state index contributed by atoms with van der Waals surface area (Å²) in [6, 6.07) is 0. The highest BCUT2D eigenvalue weighted by Crippen LogP contribution is 2.27. The summed E-state index contributed by atoms with van der Waals surface area (Å²) in [5, 5.41) is 3.50. The first-order valence-electron chi connectivity index (χ1n) is 7.20. The van der Waals surface area contributed by atoms with Crippen LogP contribution in [0.1, 0.15) is 46.5 Å². The van der Waals surface area contributed by atoms with Crippen molar-refractivity contribution in [2.24, 2.45) is 11.8 Å². The Balaban J connectivity index is 2.11. The molecular formula is C14H29NO2. The van der Waals surface area contributed by atoms with Gasteiger partial charge in [0.15, 0.2) is 6.29 Å². The largest absolute Gasteiger partial charge is 0.352 e. The monoisotopic (exact) mass is 243 g/mol. The van der Waals surface area contributed by atoms with Crippen molar-refractivity contribution >= 4 is 0 Å². The molecule has 3 heteroatoms. The van der Waals surface area contributed by atoms with Crippen LogP contribution in [0.25, 0.3) is 0 Å². The predicted molar refractivity (Wildman–Crippen MR) is 71.0 cm³/mol. The van der Waals surface area contributed by atoms with E-state index in [1.807, 2.05) is 13.8 Å². The molecule has 0 aliphatic heterocycles. The number of hydrogen-bond donors (Lipinski definition) is 1. The highest BCUT2D eigenvalue weighted by atomic mass is 16.7. The Morgan fingerprint density at radius 2 is 1.88 bits per heavy atom. The van der Waals surface area contributed by atoms with Crippen LogP contribution in [0, 0.1) is 11.8 Å². The van der Waals surface area contributed by atoms with Gasteiger partial charge in [-0.2, -0.15) is 0 Å². The summed E-state index contributed by atoms with van der Waals surface area (Å²) in [5.41, 5.74) is 0. The second-order valence-corrected chi connectivity index (χ2v) is 5.14. The van der Waals surface area contributed by atoms with Gasteiger partial charge in [0.2, 0.25) is 0 Å². The van der Waals surface area contributed by atoms with Crippen LogP contribution in [0.15, 0.2) is 0 Å². The maximum absolute atomic E-state index is 5.51. The fourth-order valence-electron chi connectivity index (χ4n) is 2.69. The van der Waals surface area contributed by atoms with Gasteiger partial charge in [0.25, 0.3) is 0 Å². The molecule has 2 atom stereocenters. The Morgan fingerprint density at radius 1 is 1.18 bits per heavy atom. The summed E-state index contributed by atoms with van der Waals surface area (Å²) in [6.45, 7) is 9.74. The third-order valence-electron chi connectivity index (χ3n) is 3.49. The van der Waals surface area contributed by atoms with E-state index in [1.54, 1.807) is 0 Å². The Bertz CT molecular complexity index is 176. The van der Waals surface area contributed by atoms with Gasteiger partial charge in [0.05, 0.1) is 0 Å². The fraction of sp³-hybridized carbons (Fsp3) is 1.00. The van der Waals surface area contributed by atoms with E-state index in [4.69, 9.17) is 9.47 Å². The highest BCUT2D eigenvalue weighted by molar-refractivity contribution is 4.72. The molecular weight excluding hydrogens is 214 g/mol. The van der Waals surface area contributed by atoms with Crippen molar-refractivity contribution in [2.45, 2.75) is 52.7 Å². The van der Waals surface area contributed by atoms with Crippen molar-refractivity contribution in [3.63, 3.8) is 0 Å². The molecule has 0 radical (unpaired) electrons. The molecule has 3 nitrogen and oxygen atoms in total. The lowest BCUT2D eigenvalue weighted by Crippen LogP contribution is -2.35. The van der Waals surface area contributed by atoms with Gasteiger partial charge < -0.3 is 14.8 Å². The molecule has 17 heavy (non-hydrogen) atoms. The minimum atomic E-state index is -0.0778. The van der Waals surface area contributed by atoms with Gasteiger partial charge in [-0.05, 0) is 45.1 Å². The molecule has 0 aromatic rings. The molecule has 1 rings (SSSR count). The molecule has 0 aromatic carbocycles. The van der Waals surface area contributed by atoms with E-state index in [0.717, 1.165) is 24.9 Å². The number of rotatable bonds is 8. The van der Waals surface area contributed by atoms with Gasteiger partial charge in [0.1, 0.15) is 0 Å². The second-order valence-electron chi connectivity index (χ2n) is 5.14. The molecule has 0 aromatic heterocycles. The zero-order valence-electron chi connectivity index (χ0n) is 11.7. The lowest BCUT2D eigenvalue weighted by Gasteiger charge is -2.27. The lowest BCUT2D eigenvalue weighted by molar-refractivity contribution is -0.133. The van der Waals surface area contributed by atoms with Crippen LogP contribution in [0.3, 0.4) is 0 Å². The molecule has 0 bridgehead atoms. The first-order valence-corrected chi connectivity index (χ1v) is 7.20. The van der Waals surface area contributed by atoms with Crippen LogP contribution < -0.4 is 5.32 Å². The average Bonchev–Trinajstić information content (AvgIpc) is 2.30. The van der Waals surface area contributed by atoms with Crippen molar-refractivity contribution in [3.8, 4) is 0 Å². The van der Waals surface area contributed by atoms with Crippen molar-refractivity contribution in [1.29, 1.82) is 0 Å². The summed E-state index contributed by atoms with van der Waals surface area (Å²) < 4.78 is 11.0. The van der Waals surface area contributed by atoms with E-state index in [0.29, 0.717) is 13.2 Å². The van der Waals surface area contributed by atoms with Crippen molar-refractivity contribution in [1.82, 2.24) is 5.32 Å². The molecule has 0 saturated heterocycles. The molecule has 1 saturated carbocycles. The molecule has 1 aliphatic carbocycles. The Hall–Kier alpha value is -0.120. The highest BCUT2D eigenvalue weighted by Gasteiger charge is 2.18. The van der Waals surface area contributed by atoms with E-state index in [-0.39, 0.29) is 6.29 Å². The van der Waals surface area contributed by atoms with E-state index < -0.39 is 0 Å². The number of ether oxygens (including phenoxy) is 2. The number of hydrogen-bond acceptors (Lipinski definition) is 3. The standard InChI is InChI=1S/C14H29NO2/c1-4-16-14(17-5-2)11-15-10-13-8-6-7-12(3)9-13/h12-15H,4-11H2,1-3H3. The normalized spacial score (nSPS) is 25.4. The fourth-order valence-corrected chi connectivity index (χ4v) is 2.69. The minimum absolute atomic E-state index is 0.0778. The summed E-state index contributed by atoms with van der Waals surface area (Å²) in [6.07, 6.45) is 5.49. The van der Waals surface area contributed by atoms with Crippen molar-refractivity contribution in [2.75, 3.05) is 26.3 Å². The van der Waals surface area contributed by atoms with Gasteiger partial charge in [-0.15, -0.1) is 0 Å². The first-order chi connectivity index (χ1) is 8.26. The minimum Gasteiger partial charge on any atom is -0.352 e. The Morgan fingerprint density at radius 3 is 2.47 bits per heavy atom. The van der Waals surface area contributed by atoms with Crippen molar-refractivity contribution in [3.05, 3.63) is 0 Å². The lowest BCUT2D eigenvalue weighted by atomic mass is 9.82. The van der Waals surface area contributed by atoms with Gasteiger partial charge in [-0.3, -0.25) is 0 Å². The molecule has 0 heterocycles. The van der Waals surface area contributed by atoms with E-state index >= 15 is 0 Å². The second kappa shape index (κ2) is 8.90. The zero-order valence-corrected chi connectivity index (χ0v) is 11.7. The molecule has 1 aliphatic rings. The van der Waals surface area contributed by atoms with Gasteiger partial charge in [-0.25, -0.2) is 0 Å². The van der Waals surface area contributed by atoms with Crippen molar-refractivity contribution < 1.29 is 9.47 Å². The van der Waals surface area contributed by atoms with E-state index in [9.17, 15) is 0 Å². The summed E-state index contributed by atoms with van der Waals surface area (Å²) in [4.78, 5) is 0. The summed E-state index contributed by atoms with van der Waals surface area (Å²) in [5.74, 6) is 1.76. The maximum atomic E-state index is 5.51. The van der Waals surface area contributed by atoms with E-state index in [2.05, 4.69) is 12.2 Å². The third kappa shape index (κ3) is 6.39. The molecule has 102 valence electrons. The molecule has 1 N–H and O–H groups in total. The molecule has 0 amide bonds. The van der Waals surface area contributed by atoms with Crippen LogP contribution in [0.2, 0.25) is 0 Å². The predicted octanol–water partition coefficient (Wildman–Crippen LogP) is 2.80. The zero-order chi connectivity index (χ0) is 12.5. The molecule has 1 fully saturated rings. The van der Waals surface area contributed by atoms with Crippen LogP contribution in [-0.4, -0.2) is 32.6 Å². The Labute approximate surface area is 106 Å². The molecule has 0 spiro atoms. The smallest absolute Gasteiger partial charge is 0.169 e. The van der Waals surface area contributed by atoms with Crippen LogP contribution in [-0.2, 0) is 9.47 Å². The topological polar surface area (TPSA) is 30.5 Å². The van der Waals surface area contributed by atoms with Gasteiger partial charge in [0, 0.05) is 19.8 Å². The van der Waals surface area contributed by atoms with Gasteiger partial charge in [-0.1, -0.05) is 19.8 Å². The summed E-state index contributed by atoms with van der Waals surface area (Å²) >= 11 is 0. The quantitative estimate of drug-likeness (QED) is 0.665. The SMILES string of the molecule is CCOC(CNCC1CCCC(C)C1)OCC. The maximum Gasteiger partial charge on any atom is 0.169 e.